The maximum Gasteiger partial charge on any atom is 0.319 e. The molecule has 1 unspecified atom stereocenters. The third-order valence-corrected chi connectivity index (χ3v) is 3.30. The first kappa shape index (κ1) is 16.5. The van der Waals surface area contributed by atoms with E-state index in [4.69, 9.17) is 0 Å². The van der Waals surface area contributed by atoms with Crippen LogP contribution in [0.3, 0.4) is 0 Å². The van der Waals surface area contributed by atoms with E-state index in [9.17, 15) is 9.18 Å². The van der Waals surface area contributed by atoms with Gasteiger partial charge < -0.3 is 10.6 Å². The molecule has 0 aliphatic rings. The van der Waals surface area contributed by atoms with E-state index in [1.165, 1.54) is 25.3 Å². The number of hydrogen-bond donors (Lipinski definition) is 2. The molecule has 4 heteroatoms. The summed E-state index contributed by atoms with van der Waals surface area (Å²) >= 11 is 0. The Morgan fingerprint density at radius 1 is 1.30 bits per heavy atom. The van der Waals surface area contributed by atoms with Crippen LogP contribution in [0.2, 0.25) is 0 Å². The van der Waals surface area contributed by atoms with Crippen LogP contribution in [0.1, 0.15) is 51.5 Å². The van der Waals surface area contributed by atoms with E-state index in [-0.39, 0.29) is 17.9 Å². The standard InChI is InChI=1S/C16H25FN2O/c1-4-5-6-7-8-13(3)18-16(20)19-14-10-9-12(2)15(17)11-14/h9-11,13H,4-8H2,1-3H3,(H2,18,19,20). The summed E-state index contributed by atoms with van der Waals surface area (Å²) < 4.78 is 13.4. The molecule has 0 spiro atoms. The fourth-order valence-corrected chi connectivity index (χ4v) is 2.01. The highest BCUT2D eigenvalue weighted by molar-refractivity contribution is 5.89. The maximum absolute atomic E-state index is 13.4. The van der Waals surface area contributed by atoms with E-state index < -0.39 is 0 Å². The number of urea groups is 1. The quantitative estimate of drug-likeness (QED) is 0.703. The minimum atomic E-state index is -0.310. The molecule has 112 valence electrons. The van der Waals surface area contributed by atoms with Gasteiger partial charge in [0, 0.05) is 11.7 Å². The number of amides is 2. The molecule has 0 bridgehead atoms. The molecule has 1 rings (SSSR count). The molecular formula is C16H25FN2O. The Hall–Kier alpha value is -1.58. The van der Waals surface area contributed by atoms with Gasteiger partial charge in [-0.15, -0.1) is 0 Å². The first-order chi connectivity index (χ1) is 9.52. The summed E-state index contributed by atoms with van der Waals surface area (Å²) in [5, 5.41) is 5.52. The summed E-state index contributed by atoms with van der Waals surface area (Å²) in [4.78, 5) is 11.8. The van der Waals surface area contributed by atoms with E-state index in [2.05, 4.69) is 17.6 Å². The van der Waals surface area contributed by atoms with Crippen LogP contribution in [-0.4, -0.2) is 12.1 Å². The largest absolute Gasteiger partial charge is 0.335 e. The Labute approximate surface area is 121 Å². The molecule has 0 aliphatic heterocycles. The number of unbranched alkanes of at least 4 members (excludes halogenated alkanes) is 3. The second kappa shape index (κ2) is 8.56. The molecule has 1 aromatic carbocycles. The van der Waals surface area contributed by atoms with Gasteiger partial charge in [0.1, 0.15) is 5.82 Å². The second-order valence-electron chi connectivity index (χ2n) is 5.31. The molecule has 3 nitrogen and oxygen atoms in total. The molecular weight excluding hydrogens is 255 g/mol. The van der Waals surface area contributed by atoms with Crippen molar-refractivity contribution < 1.29 is 9.18 Å². The highest BCUT2D eigenvalue weighted by Gasteiger charge is 2.08. The van der Waals surface area contributed by atoms with Gasteiger partial charge in [-0.05, 0) is 38.0 Å². The minimum absolute atomic E-state index is 0.127. The lowest BCUT2D eigenvalue weighted by Crippen LogP contribution is -2.36. The van der Waals surface area contributed by atoms with Gasteiger partial charge in [0.15, 0.2) is 0 Å². The van der Waals surface area contributed by atoms with Crippen molar-refractivity contribution in [2.45, 2.75) is 58.9 Å². The Balaban J connectivity index is 2.33. The summed E-state index contributed by atoms with van der Waals surface area (Å²) in [5.41, 5.74) is 1.05. The Bertz CT molecular complexity index is 434. The fourth-order valence-electron chi connectivity index (χ4n) is 2.01. The number of halogens is 1. The van der Waals surface area contributed by atoms with E-state index in [1.54, 1.807) is 19.1 Å². The maximum atomic E-state index is 13.4. The lowest BCUT2D eigenvalue weighted by Gasteiger charge is -2.14. The van der Waals surface area contributed by atoms with Crippen molar-refractivity contribution in [2.75, 3.05) is 5.32 Å². The fraction of sp³-hybridized carbons (Fsp3) is 0.562. The Morgan fingerprint density at radius 2 is 2.05 bits per heavy atom. The van der Waals surface area contributed by atoms with Crippen LogP contribution in [0, 0.1) is 12.7 Å². The van der Waals surface area contributed by atoms with Gasteiger partial charge in [0.25, 0.3) is 0 Å². The summed E-state index contributed by atoms with van der Waals surface area (Å²) in [6, 6.07) is 4.53. The SMILES string of the molecule is CCCCCCC(C)NC(=O)Nc1ccc(C)c(F)c1. The smallest absolute Gasteiger partial charge is 0.319 e. The molecule has 2 amide bonds. The number of aryl methyl sites for hydroxylation is 1. The topological polar surface area (TPSA) is 41.1 Å². The number of carbonyl (C=O) groups is 1. The average molecular weight is 280 g/mol. The monoisotopic (exact) mass is 280 g/mol. The van der Waals surface area contributed by atoms with Gasteiger partial charge in [-0.2, -0.15) is 0 Å². The van der Waals surface area contributed by atoms with Crippen LogP contribution >= 0.6 is 0 Å². The number of anilines is 1. The molecule has 0 fully saturated rings. The van der Waals surface area contributed by atoms with Crippen LogP contribution in [0.4, 0.5) is 14.9 Å². The number of carbonyl (C=O) groups excluding carboxylic acids is 1. The van der Waals surface area contributed by atoms with Crippen molar-refractivity contribution in [3.05, 3.63) is 29.6 Å². The predicted octanol–water partition coefficient (Wildman–Crippen LogP) is 4.61. The summed E-state index contributed by atoms with van der Waals surface area (Å²) in [6.45, 7) is 5.86. The molecule has 0 radical (unpaired) electrons. The van der Waals surface area contributed by atoms with Gasteiger partial charge in [0.05, 0.1) is 0 Å². The molecule has 0 saturated carbocycles. The molecule has 0 aromatic heterocycles. The summed E-state index contributed by atoms with van der Waals surface area (Å²) in [5.74, 6) is -0.310. The lowest BCUT2D eigenvalue weighted by atomic mass is 10.1. The van der Waals surface area contributed by atoms with E-state index >= 15 is 0 Å². The average Bonchev–Trinajstić information content (AvgIpc) is 2.39. The van der Waals surface area contributed by atoms with Crippen molar-refractivity contribution in [3.63, 3.8) is 0 Å². The van der Waals surface area contributed by atoms with Gasteiger partial charge in [-0.1, -0.05) is 38.7 Å². The number of benzene rings is 1. The van der Waals surface area contributed by atoms with Crippen LogP contribution < -0.4 is 10.6 Å². The molecule has 1 atom stereocenters. The van der Waals surface area contributed by atoms with E-state index in [0.29, 0.717) is 11.3 Å². The Kier molecular flexibility index (Phi) is 7.05. The van der Waals surface area contributed by atoms with Crippen LogP contribution in [-0.2, 0) is 0 Å². The number of nitrogens with one attached hydrogen (secondary N) is 2. The summed E-state index contributed by atoms with van der Waals surface area (Å²) in [7, 11) is 0. The van der Waals surface area contributed by atoms with Crippen molar-refractivity contribution in [1.82, 2.24) is 5.32 Å². The van der Waals surface area contributed by atoms with Gasteiger partial charge in [0.2, 0.25) is 0 Å². The van der Waals surface area contributed by atoms with Gasteiger partial charge in [-0.25, -0.2) is 9.18 Å². The third-order valence-electron chi connectivity index (χ3n) is 3.30. The highest BCUT2D eigenvalue weighted by Crippen LogP contribution is 2.13. The van der Waals surface area contributed by atoms with Crippen LogP contribution in [0.25, 0.3) is 0 Å². The minimum Gasteiger partial charge on any atom is -0.335 e. The summed E-state index contributed by atoms with van der Waals surface area (Å²) in [6.07, 6.45) is 5.74. The van der Waals surface area contributed by atoms with Crippen LogP contribution in [0.5, 0.6) is 0 Å². The van der Waals surface area contributed by atoms with Gasteiger partial charge in [-0.3, -0.25) is 0 Å². The van der Waals surface area contributed by atoms with Crippen molar-refractivity contribution in [3.8, 4) is 0 Å². The Morgan fingerprint density at radius 3 is 2.70 bits per heavy atom. The first-order valence-electron chi connectivity index (χ1n) is 7.36. The van der Waals surface area contributed by atoms with Crippen molar-refractivity contribution >= 4 is 11.7 Å². The highest BCUT2D eigenvalue weighted by atomic mass is 19.1. The molecule has 2 N–H and O–H groups in total. The molecule has 0 heterocycles. The van der Waals surface area contributed by atoms with Crippen molar-refractivity contribution in [2.24, 2.45) is 0 Å². The van der Waals surface area contributed by atoms with E-state index in [0.717, 1.165) is 12.8 Å². The molecule has 0 aliphatic carbocycles. The van der Waals surface area contributed by atoms with Gasteiger partial charge >= 0.3 is 6.03 Å². The molecule has 20 heavy (non-hydrogen) atoms. The second-order valence-corrected chi connectivity index (χ2v) is 5.31. The zero-order valence-corrected chi connectivity index (χ0v) is 12.6. The van der Waals surface area contributed by atoms with Crippen molar-refractivity contribution in [1.29, 1.82) is 0 Å². The predicted molar refractivity (Wildman–Crippen MR) is 81.5 cm³/mol. The van der Waals surface area contributed by atoms with E-state index in [1.807, 2.05) is 6.92 Å². The third kappa shape index (κ3) is 6.04. The zero-order chi connectivity index (χ0) is 15.0. The first-order valence-corrected chi connectivity index (χ1v) is 7.36. The molecule has 1 aromatic rings. The lowest BCUT2D eigenvalue weighted by molar-refractivity contribution is 0.248. The zero-order valence-electron chi connectivity index (χ0n) is 12.6. The molecule has 0 saturated heterocycles. The van der Waals surface area contributed by atoms with Crippen LogP contribution in [0.15, 0.2) is 18.2 Å². The number of hydrogen-bond acceptors (Lipinski definition) is 1. The number of rotatable bonds is 7. The normalized spacial score (nSPS) is 12.0.